The Hall–Kier alpha value is -0.740. The quantitative estimate of drug-likeness (QED) is 0.344. The molecular weight excluding hydrogens is 465 g/mol. The van der Waals surface area contributed by atoms with Crippen LogP contribution in [0.4, 0.5) is 0 Å². The van der Waals surface area contributed by atoms with E-state index in [4.69, 9.17) is 0 Å². The molecule has 2 N–H and O–H groups in total. The molecule has 0 saturated carbocycles. The van der Waals surface area contributed by atoms with Crippen molar-refractivity contribution in [3.05, 3.63) is 31.7 Å². The van der Waals surface area contributed by atoms with E-state index in [-0.39, 0.29) is 24.0 Å². The van der Waals surface area contributed by atoms with Crippen LogP contribution in [0.5, 0.6) is 0 Å². The summed E-state index contributed by atoms with van der Waals surface area (Å²) in [5.41, 5.74) is 2.30. The number of rotatable bonds is 7. The van der Waals surface area contributed by atoms with Gasteiger partial charge in [0.05, 0.1) is 22.9 Å². The van der Waals surface area contributed by atoms with Crippen molar-refractivity contribution in [2.24, 2.45) is 4.99 Å². The molecule has 2 aromatic rings. The first-order valence-electron chi connectivity index (χ1n) is 8.39. The first-order chi connectivity index (χ1) is 11.5. The third kappa shape index (κ3) is 7.18. The van der Waals surface area contributed by atoms with E-state index in [1.807, 2.05) is 0 Å². The van der Waals surface area contributed by atoms with Gasteiger partial charge in [-0.1, -0.05) is 13.8 Å². The van der Waals surface area contributed by atoms with E-state index in [0.717, 1.165) is 46.9 Å². The Labute approximate surface area is 175 Å². The molecule has 0 bridgehead atoms. The minimum absolute atomic E-state index is 0. The van der Waals surface area contributed by atoms with Gasteiger partial charge in [-0.15, -0.1) is 46.7 Å². The summed E-state index contributed by atoms with van der Waals surface area (Å²) < 4.78 is 0. The molecule has 0 aliphatic rings. The monoisotopic (exact) mass is 493 g/mol. The van der Waals surface area contributed by atoms with Gasteiger partial charge >= 0.3 is 0 Å². The topological polar surface area (TPSA) is 62.2 Å². The Balaban J connectivity index is 0.00000312. The summed E-state index contributed by atoms with van der Waals surface area (Å²) in [4.78, 5) is 15.1. The van der Waals surface area contributed by atoms with Gasteiger partial charge < -0.3 is 10.6 Å². The van der Waals surface area contributed by atoms with Crippen LogP contribution in [0.1, 0.15) is 53.0 Å². The number of nitrogens with one attached hydrogen (secondary N) is 2. The van der Waals surface area contributed by atoms with Crippen LogP contribution in [0.25, 0.3) is 0 Å². The van der Waals surface area contributed by atoms with Gasteiger partial charge in [-0.05, 0) is 26.7 Å². The second-order valence-electron chi connectivity index (χ2n) is 5.93. The molecule has 8 heteroatoms. The number of guanidine groups is 1. The highest BCUT2D eigenvalue weighted by Crippen LogP contribution is 2.18. The number of thiazole rings is 2. The minimum atomic E-state index is 0. The third-order valence-corrected chi connectivity index (χ3v) is 5.51. The van der Waals surface area contributed by atoms with Crippen LogP contribution in [-0.4, -0.2) is 29.0 Å². The lowest BCUT2D eigenvalue weighted by atomic mass is 10.2. The van der Waals surface area contributed by atoms with Crippen LogP contribution >= 0.6 is 46.7 Å². The fourth-order valence-corrected chi connectivity index (χ4v) is 4.07. The number of aromatic nitrogens is 2. The maximum atomic E-state index is 4.65. The molecule has 5 nitrogen and oxygen atoms in total. The number of halogens is 1. The zero-order chi connectivity index (χ0) is 17.5. The first-order valence-corrected chi connectivity index (χ1v) is 10.1. The van der Waals surface area contributed by atoms with Gasteiger partial charge in [0.1, 0.15) is 5.01 Å². The van der Waals surface area contributed by atoms with Crippen molar-refractivity contribution in [3.63, 3.8) is 0 Å². The summed E-state index contributed by atoms with van der Waals surface area (Å²) in [6.45, 7) is 12.9. The molecule has 0 aromatic carbocycles. The molecule has 0 aliphatic heterocycles. The molecule has 0 aliphatic carbocycles. The summed E-state index contributed by atoms with van der Waals surface area (Å²) in [5, 5.41) is 11.0. The highest BCUT2D eigenvalue weighted by Gasteiger charge is 2.07. The molecule has 2 heterocycles. The Kier molecular flexibility index (Phi) is 9.88. The van der Waals surface area contributed by atoms with Crippen LogP contribution in [0.2, 0.25) is 0 Å². The van der Waals surface area contributed by atoms with E-state index in [0.29, 0.717) is 12.5 Å². The number of hydrogen-bond donors (Lipinski definition) is 2. The molecule has 2 rings (SSSR count). The van der Waals surface area contributed by atoms with E-state index in [9.17, 15) is 0 Å². The molecule has 0 fully saturated rings. The minimum Gasteiger partial charge on any atom is -0.357 e. The summed E-state index contributed by atoms with van der Waals surface area (Å²) in [7, 11) is 0. The van der Waals surface area contributed by atoms with Gasteiger partial charge in [0, 0.05) is 29.8 Å². The number of aryl methyl sites for hydroxylation is 2. The lowest BCUT2D eigenvalue weighted by Gasteiger charge is -2.10. The lowest BCUT2D eigenvalue weighted by Crippen LogP contribution is -2.38. The van der Waals surface area contributed by atoms with Crippen LogP contribution < -0.4 is 10.6 Å². The molecule has 25 heavy (non-hydrogen) atoms. The van der Waals surface area contributed by atoms with Crippen LogP contribution in [0.15, 0.2) is 10.4 Å². The van der Waals surface area contributed by atoms with E-state index in [1.165, 1.54) is 4.88 Å². The van der Waals surface area contributed by atoms with Gasteiger partial charge in [0.15, 0.2) is 5.96 Å². The molecule has 0 spiro atoms. The lowest BCUT2D eigenvalue weighted by molar-refractivity contribution is 0.795. The van der Waals surface area contributed by atoms with Crippen LogP contribution in [0.3, 0.4) is 0 Å². The summed E-state index contributed by atoms with van der Waals surface area (Å²) in [5.74, 6) is 1.31. The Bertz CT molecular complexity index is 678. The summed E-state index contributed by atoms with van der Waals surface area (Å²) in [6, 6.07) is 0. The summed E-state index contributed by atoms with van der Waals surface area (Å²) >= 11 is 3.46. The zero-order valence-electron chi connectivity index (χ0n) is 15.5. The Morgan fingerprint density at radius 3 is 2.56 bits per heavy atom. The van der Waals surface area contributed by atoms with Crippen molar-refractivity contribution in [3.8, 4) is 0 Å². The zero-order valence-corrected chi connectivity index (χ0v) is 19.5. The van der Waals surface area contributed by atoms with Crippen LogP contribution in [-0.2, 0) is 13.0 Å². The number of aliphatic imine (C=N–C) groups is 1. The van der Waals surface area contributed by atoms with Crippen molar-refractivity contribution in [1.82, 2.24) is 20.6 Å². The van der Waals surface area contributed by atoms with Crippen molar-refractivity contribution < 1.29 is 0 Å². The molecule has 0 unspecified atom stereocenters. The SMILES string of the molecule is CCNC(=NCc1nc(C(C)C)cs1)NCCc1sc(C)nc1C.I. The van der Waals surface area contributed by atoms with E-state index in [1.54, 1.807) is 22.7 Å². The van der Waals surface area contributed by atoms with Gasteiger partial charge in [0.2, 0.25) is 0 Å². The predicted molar refractivity (Wildman–Crippen MR) is 120 cm³/mol. The summed E-state index contributed by atoms with van der Waals surface area (Å²) in [6.07, 6.45) is 0.969. The predicted octanol–water partition coefficient (Wildman–Crippen LogP) is 4.26. The van der Waals surface area contributed by atoms with Crippen molar-refractivity contribution in [2.75, 3.05) is 13.1 Å². The number of hydrogen-bond acceptors (Lipinski definition) is 5. The van der Waals surface area contributed by atoms with E-state index in [2.05, 4.69) is 65.6 Å². The second-order valence-corrected chi connectivity index (χ2v) is 8.16. The van der Waals surface area contributed by atoms with Gasteiger partial charge in [-0.2, -0.15) is 0 Å². The van der Waals surface area contributed by atoms with Crippen LogP contribution in [0, 0.1) is 13.8 Å². The maximum absolute atomic E-state index is 4.65. The normalized spacial score (nSPS) is 11.5. The largest absolute Gasteiger partial charge is 0.357 e. The molecule has 0 amide bonds. The van der Waals surface area contributed by atoms with Gasteiger partial charge in [-0.25, -0.2) is 15.0 Å². The molecule has 2 aromatic heterocycles. The van der Waals surface area contributed by atoms with Crippen molar-refractivity contribution in [1.29, 1.82) is 0 Å². The average molecular weight is 493 g/mol. The van der Waals surface area contributed by atoms with E-state index >= 15 is 0 Å². The molecule has 0 atom stereocenters. The fraction of sp³-hybridized carbons (Fsp3) is 0.588. The maximum Gasteiger partial charge on any atom is 0.191 e. The van der Waals surface area contributed by atoms with Crippen molar-refractivity contribution >= 4 is 52.6 Å². The molecular formula is C17H28IN5S2. The standard InChI is InChI=1S/C17H27N5S2.HI/c1-6-18-17(19-8-7-15-12(4)21-13(5)24-15)20-9-16-22-14(10-23-16)11(2)3;/h10-11H,6-9H2,1-5H3,(H2,18,19,20);1H. The third-order valence-electron chi connectivity index (χ3n) is 3.52. The second kappa shape index (κ2) is 11.1. The van der Waals surface area contributed by atoms with E-state index < -0.39 is 0 Å². The highest BCUT2D eigenvalue weighted by atomic mass is 127. The van der Waals surface area contributed by atoms with Crippen molar-refractivity contribution in [2.45, 2.75) is 53.5 Å². The number of nitrogens with zero attached hydrogens (tertiary/aromatic N) is 3. The molecule has 0 saturated heterocycles. The Morgan fingerprint density at radius 2 is 2.00 bits per heavy atom. The Morgan fingerprint density at radius 1 is 1.24 bits per heavy atom. The fourth-order valence-electron chi connectivity index (χ4n) is 2.25. The van der Waals surface area contributed by atoms with Gasteiger partial charge in [0.25, 0.3) is 0 Å². The molecule has 0 radical (unpaired) electrons. The van der Waals surface area contributed by atoms with Gasteiger partial charge in [-0.3, -0.25) is 0 Å². The smallest absolute Gasteiger partial charge is 0.191 e. The average Bonchev–Trinajstić information content (AvgIpc) is 3.12. The highest BCUT2D eigenvalue weighted by molar-refractivity contribution is 14.0. The molecule has 140 valence electrons. The first kappa shape index (κ1) is 22.3.